The van der Waals surface area contributed by atoms with Gasteiger partial charge < -0.3 is 24.4 Å². The maximum atomic E-state index is 14.4. The number of ether oxygens (including phenoxy) is 1. The number of nitrogens with zero attached hydrogens (tertiary/aromatic N) is 6. The van der Waals surface area contributed by atoms with Crippen LogP contribution in [0.3, 0.4) is 0 Å². The highest BCUT2D eigenvalue weighted by Crippen LogP contribution is 2.55. The number of imidazole rings is 1. The summed E-state index contributed by atoms with van der Waals surface area (Å²) in [6.45, 7) is 13.8. The van der Waals surface area contributed by atoms with Crippen LogP contribution in [0.5, 0.6) is 5.75 Å². The largest absolute Gasteiger partial charge is 0.491 e. The molecule has 3 aromatic rings. The molecule has 2 aliphatic heterocycles. The number of hydrogen-bond donors (Lipinski definition) is 1. The molecule has 1 atom stereocenters. The van der Waals surface area contributed by atoms with Gasteiger partial charge in [-0.25, -0.2) is 9.37 Å². The average Bonchev–Trinajstić information content (AvgIpc) is 3.63. The molecule has 9 nitrogen and oxygen atoms in total. The summed E-state index contributed by atoms with van der Waals surface area (Å²) >= 11 is 0. The van der Waals surface area contributed by atoms with E-state index in [-0.39, 0.29) is 23.1 Å². The minimum absolute atomic E-state index is 0.0116. The van der Waals surface area contributed by atoms with E-state index in [2.05, 4.69) is 48.7 Å². The van der Waals surface area contributed by atoms with Crippen molar-refractivity contribution in [3.63, 3.8) is 0 Å². The summed E-state index contributed by atoms with van der Waals surface area (Å²) in [7, 11) is 1.87. The van der Waals surface area contributed by atoms with Gasteiger partial charge in [-0.1, -0.05) is 13.0 Å². The van der Waals surface area contributed by atoms with E-state index in [1.54, 1.807) is 12.3 Å². The number of nitrogens with one attached hydrogen (secondary N) is 1. The number of fused-ring (bicyclic) bond motifs is 2. The predicted molar refractivity (Wildman–Crippen MR) is 160 cm³/mol. The van der Waals surface area contributed by atoms with Crippen LogP contribution in [0.4, 0.5) is 10.3 Å². The Kier molecular flexibility index (Phi) is 7.93. The molecule has 3 aliphatic rings. The smallest absolute Gasteiger partial charge is 0.254 e. The number of amides is 1. The molecule has 2 aromatic heterocycles. The molecule has 0 bridgehead atoms. The van der Waals surface area contributed by atoms with Gasteiger partial charge >= 0.3 is 0 Å². The quantitative estimate of drug-likeness (QED) is 0.386. The summed E-state index contributed by atoms with van der Waals surface area (Å²) in [5.41, 5.74) is 4.97. The molecule has 4 heterocycles. The zero-order chi connectivity index (χ0) is 29.4. The summed E-state index contributed by atoms with van der Waals surface area (Å²) in [6.07, 6.45) is 7.06. The first-order valence-corrected chi connectivity index (χ1v) is 15.2. The van der Waals surface area contributed by atoms with Crippen molar-refractivity contribution in [1.82, 2.24) is 29.2 Å². The topological polar surface area (TPSA) is 78.8 Å². The Balaban J connectivity index is 1.37. The summed E-state index contributed by atoms with van der Waals surface area (Å²) in [5.74, 6) is 0.486. The van der Waals surface area contributed by atoms with Gasteiger partial charge in [0.05, 0.1) is 31.1 Å². The molecule has 6 rings (SSSR count). The molecule has 2 fully saturated rings. The van der Waals surface area contributed by atoms with Crippen LogP contribution in [-0.4, -0.2) is 88.1 Å². The normalized spacial score (nSPS) is 19.2. The summed E-state index contributed by atoms with van der Waals surface area (Å²) in [5, 5.41) is 3.16. The molecule has 1 N–H and O–H groups in total. The first-order chi connectivity index (χ1) is 20.4. The maximum Gasteiger partial charge on any atom is 0.254 e. The number of piperazine rings is 1. The van der Waals surface area contributed by atoms with Crippen LogP contribution in [0, 0.1) is 5.82 Å². The zero-order valence-corrected chi connectivity index (χ0v) is 25.2. The van der Waals surface area contributed by atoms with E-state index in [9.17, 15) is 9.18 Å². The number of pyridine rings is 1. The van der Waals surface area contributed by atoms with Crippen molar-refractivity contribution in [3.05, 3.63) is 70.6 Å². The second kappa shape index (κ2) is 11.6. The van der Waals surface area contributed by atoms with E-state index >= 15 is 0 Å². The molecule has 1 amide bonds. The molecule has 1 spiro atoms. The second-order valence-electron chi connectivity index (χ2n) is 11.9. The number of halogens is 1. The Morgan fingerprint density at radius 1 is 1.07 bits per heavy atom. The van der Waals surface area contributed by atoms with Gasteiger partial charge in [-0.3, -0.25) is 14.7 Å². The van der Waals surface area contributed by atoms with E-state index in [0.717, 1.165) is 69.2 Å². The summed E-state index contributed by atoms with van der Waals surface area (Å²) in [6, 6.07) is 5.74. The fraction of sp³-hybridized carbons (Fsp3) is 0.531. The summed E-state index contributed by atoms with van der Waals surface area (Å²) < 4.78 is 21.9. The fourth-order valence-corrected chi connectivity index (χ4v) is 6.74. The van der Waals surface area contributed by atoms with Crippen LogP contribution in [0.1, 0.15) is 72.4 Å². The minimum atomic E-state index is -0.490. The summed E-state index contributed by atoms with van der Waals surface area (Å²) in [4.78, 5) is 30.1. The zero-order valence-electron chi connectivity index (χ0n) is 25.2. The van der Waals surface area contributed by atoms with Crippen LogP contribution in [0.25, 0.3) is 0 Å². The van der Waals surface area contributed by atoms with Crippen LogP contribution < -0.4 is 10.1 Å². The van der Waals surface area contributed by atoms with E-state index in [1.165, 1.54) is 17.3 Å². The molecule has 0 unspecified atom stereocenters. The molecular weight excluding hydrogens is 533 g/mol. The third kappa shape index (κ3) is 5.38. The van der Waals surface area contributed by atoms with E-state index in [4.69, 9.17) is 4.74 Å². The Bertz CT molecular complexity index is 1440. The van der Waals surface area contributed by atoms with Gasteiger partial charge in [-0.15, -0.1) is 0 Å². The number of carbonyl (C=O) groups is 1. The molecular formula is C32H42FN7O2. The number of hydrogen-bond acceptors (Lipinski definition) is 7. The number of carbonyl (C=O) groups excluding carboxylic acids is 1. The lowest BCUT2D eigenvalue weighted by molar-refractivity contribution is 0.0632. The van der Waals surface area contributed by atoms with Crippen LogP contribution in [-0.2, 0) is 18.5 Å². The van der Waals surface area contributed by atoms with E-state index in [1.807, 2.05) is 32.0 Å². The number of anilines is 1. The van der Waals surface area contributed by atoms with Crippen LogP contribution >= 0.6 is 0 Å². The lowest BCUT2D eigenvalue weighted by Gasteiger charge is -2.41. The Hall–Kier alpha value is -3.50. The average molecular weight is 576 g/mol. The standard InChI is InChI=1S/C32H42FN7O2/c1-5-37-11-13-38(14-12-37)20-24-15-23(19-39-10-9-35-31(39)34-4)16-25-29(24)32(7-8-32)21-40(30(25)41)22(3)27-17-28(42-6-2)26(33)18-36-27/h9-10,15-18,22H,5-8,11-14,19-21H2,1-4H3,(H,34,35)/t22-/m0/s1. The van der Waals surface area contributed by atoms with Gasteiger partial charge in [-0.2, -0.15) is 0 Å². The lowest BCUT2D eigenvalue weighted by Crippen LogP contribution is -2.47. The highest BCUT2D eigenvalue weighted by atomic mass is 19.1. The Labute approximate surface area is 247 Å². The minimum Gasteiger partial charge on any atom is -0.491 e. The SMILES string of the molecule is CCOc1cc([C@H](C)N2CC3(CC3)c3c(CN4CCN(CC)CC4)cc(Cn4ccnc4NC)cc3C2=O)ncc1F. The van der Waals surface area contributed by atoms with Gasteiger partial charge in [0.1, 0.15) is 0 Å². The Morgan fingerprint density at radius 2 is 1.83 bits per heavy atom. The van der Waals surface area contributed by atoms with Gasteiger partial charge in [0.25, 0.3) is 5.91 Å². The second-order valence-corrected chi connectivity index (χ2v) is 11.9. The molecule has 0 radical (unpaired) electrons. The van der Waals surface area contributed by atoms with E-state index < -0.39 is 5.82 Å². The van der Waals surface area contributed by atoms with Crippen LogP contribution in [0.15, 0.2) is 36.8 Å². The molecule has 1 saturated heterocycles. The number of rotatable bonds is 10. The predicted octanol–water partition coefficient (Wildman–Crippen LogP) is 4.29. The molecule has 1 aromatic carbocycles. The lowest BCUT2D eigenvalue weighted by atomic mass is 9.81. The highest BCUT2D eigenvalue weighted by Gasteiger charge is 2.53. The third-order valence-corrected chi connectivity index (χ3v) is 9.26. The third-order valence-electron chi connectivity index (χ3n) is 9.26. The van der Waals surface area contributed by atoms with Crippen molar-refractivity contribution in [2.45, 2.75) is 58.2 Å². The van der Waals surface area contributed by atoms with Gasteiger partial charge in [0.2, 0.25) is 5.95 Å². The molecule has 42 heavy (non-hydrogen) atoms. The van der Waals surface area contributed by atoms with Crippen molar-refractivity contribution < 1.29 is 13.9 Å². The van der Waals surface area contributed by atoms with Gasteiger partial charge in [0.15, 0.2) is 11.6 Å². The van der Waals surface area contributed by atoms with Crippen molar-refractivity contribution in [3.8, 4) is 5.75 Å². The van der Waals surface area contributed by atoms with E-state index in [0.29, 0.717) is 25.4 Å². The van der Waals surface area contributed by atoms with Crippen molar-refractivity contribution in [1.29, 1.82) is 0 Å². The van der Waals surface area contributed by atoms with Crippen molar-refractivity contribution >= 4 is 11.9 Å². The van der Waals surface area contributed by atoms with Crippen molar-refractivity contribution in [2.75, 3.05) is 58.2 Å². The number of likely N-dealkylation sites (N-methyl/N-ethyl adjacent to an activating group) is 1. The molecule has 224 valence electrons. The first kappa shape index (κ1) is 28.6. The number of aromatic nitrogens is 3. The molecule has 1 aliphatic carbocycles. The van der Waals surface area contributed by atoms with Gasteiger partial charge in [-0.05, 0) is 56.0 Å². The van der Waals surface area contributed by atoms with Gasteiger partial charge in [0, 0.05) is 75.8 Å². The molecule has 10 heteroatoms. The first-order valence-electron chi connectivity index (χ1n) is 15.2. The highest BCUT2D eigenvalue weighted by molar-refractivity contribution is 5.98. The monoisotopic (exact) mass is 575 g/mol. The molecule has 1 saturated carbocycles. The Morgan fingerprint density at radius 3 is 2.52 bits per heavy atom. The van der Waals surface area contributed by atoms with Crippen LogP contribution in [0.2, 0.25) is 0 Å². The number of benzene rings is 1. The van der Waals surface area contributed by atoms with Crippen molar-refractivity contribution in [2.24, 2.45) is 0 Å². The maximum absolute atomic E-state index is 14.4. The fourth-order valence-electron chi connectivity index (χ4n) is 6.74.